The van der Waals surface area contributed by atoms with Crippen LogP contribution < -0.4 is 25.2 Å². The van der Waals surface area contributed by atoms with E-state index in [0.717, 1.165) is 43.4 Å². The first kappa shape index (κ1) is 38.4. The molecule has 0 bridgehead atoms. The molecule has 4 aliphatic heterocycles. The molecule has 5 amide bonds. The number of halogens is 2. The monoisotopic (exact) mass is 805 g/mol. The highest BCUT2D eigenvalue weighted by molar-refractivity contribution is 6.31. The van der Waals surface area contributed by atoms with Crippen LogP contribution in [-0.4, -0.2) is 101 Å². The van der Waals surface area contributed by atoms with Gasteiger partial charge >= 0.3 is 0 Å². The van der Waals surface area contributed by atoms with E-state index in [-0.39, 0.29) is 35.3 Å². The molecular formula is C41H37ClFN9O6. The Morgan fingerprint density at radius 3 is 2.22 bits per heavy atom. The minimum atomic E-state index is -1.11. The molecule has 1 atom stereocenters. The number of aromatic nitrogens is 2. The fraction of sp³-hybridized carbons (Fsp3) is 0.317. The molecular weight excluding hydrogens is 769 g/mol. The van der Waals surface area contributed by atoms with Gasteiger partial charge in [0.05, 0.1) is 27.4 Å². The number of anilines is 3. The highest BCUT2D eigenvalue weighted by Crippen LogP contribution is 2.34. The molecule has 58 heavy (non-hydrogen) atoms. The maximum Gasteiger partial charge on any atom is 0.276 e. The minimum Gasteiger partial charge on any atom is -0.457 e. The first-order valence-corrected chi connectivity index (χ1v) is 19.3. The van der Waals surface area contributed by atoms with Gasteiger partial charge in [0, 0.05) is 64.0 Å². The maximum atomic E-state index is 15.4. The SMILES string of the molecule is N#Cc1ccc(Oc2ccc(NC(=O)c3ccc(N4CCC(CN5CCN(c6cc7c(cc6F)C(=O)N([C@H]6CCC(=O)NC6=O)C7=O)CC5)CC4)nn3)cc2)cc1Cl. The zero-order chi connectivity index (χ0) is 40.5. The van der Waals surface area contributed by atoms with Gasteiger partial charge in [-0.1, -0.05) is 11.6 Å². The van der Waals surface area contributed by atoms with Crippen molar-refractivity contribution in [1.29, 1.82) is 5.26 Å². The van der Waals surface area contributed by atoms with Crippen LogP contribution >= 0.6 is 11.6 Å². The Morgan fingerprint density at radius 2 is 1.57 bits per heavy atom. The molecule has 1 aromatic heterocycles. The van der Waals surface area contributed by atoms with Crippen LogP contribution in [0.5, 0.6) is 11.5 Å². The average molecular weight is 806 g/mol. The lowest BCUT2D eigenvalue weighted by molar-refractivity contribution is -0.136. The van der Waals surface area contributed by atoms with Crippen molar-refractivity contribution in [3.05, 3.63) is 100.0 Å². The molecule has 296 valence electrons. The van der Waals surface area contributed by atoms with Gasteiger partial charge in [-0.25, -0.2) is 4.39 Å². The van der Waals surface area contributed by atoms with Gasteiger partial charge in [0.2, 0.25) is 11.8 Å². The second-order valence-electron chi connectivity index (χ2n) is 14.6. The number of benzene rings is 3. The molecule has 0 saturated carbocycles. The maximum absolute atomic E-state index is 15.4. The number of ether oxygens (including phenoxy) is 1. The first-order valence-electron chi connectivity index (χ1n) is 18.9. The van der Waals surface area contributed by atoms with Crippen LogP contribution in [0.3, 0.4) is 0 Å². The lowest BCUT2D eigenvalue weighted by Crippen LogP contribution is -2.54. The van der Waals surface area contributed by atoms with Crippen LogP contribution in [0.1, 0.15) is 62.5 Å². The quantitative estimate of drug-likeness (QED) is 0.225. The van der Waals surface area contributed by atoms with Gasteiger partial charge in [0.15, 0.2) is 11.5 Å². The summed E-state index contributed by atoms with van der Waals surface area (Å²) in [6.07, 6.45) is 1.93. The van der Waals surface area contributed by atoms with Crippen molar-refractivity contribution < 1.29 is 33.1 Å². The Morgan fingerprint density at radius 1 is 0.862 bits per heavy atom. The van der Waals surface area contributed by atoms with Crippen LogP contribution in [0.2, 0.25) is 5.02 Å². The zero-order valence-corrected chi connectivity index (χ0v) is 31.9. The fourth-order valence-corrected chi connectivity index (χ4v) is 8.02. The van der Waals surface area contributed by atoms with Crippen molar-refractivity contribution in [1.82, 2.24) is 25.3 Å². The molecule has 8 rings (SSSR count). The van der Waals surface area contributed by atoms with E-state index in [2.05, 4.69) is 30.6 Å². The Balaban J connectivity index is 0.787. The van der Waals surface area contributed by atoms with Crippen molar-refractivity contribution in [2.24, 2.45) is 5.92 Å². The second kappa shape index (κ2) is 16.2. The Kier molecular flexibility index (Phi) is 10.7. The highest BCUT2D eigenvalue weighted by Gasteiger charge is 2.45. The molecule has 3 fully saturated rings. The Hall–Kier alpha value is -6.44. The van der Waals surface area contributed by atoms with Gasteiger partial charge in [-0.2, -0.15) is 5.26 Å². The van der Waals surface area contributed by atoms with Gasteiger partial charge in [0.1, 0.15) is 29.4 Å². The largest absolute Gasteiger partial charge is 0.457 e. The third-order valence-corrected chi connectivity index (χ3v) is 11.3. The van der Waals surface area contributed by atoms with E-state index >= 15 is 4.39 Å². The summed E-state index contributed by atoms with van der Waals surface area (Å²) in [7, 11) is 0. The van der Waals surface area contributed by atoms with E-state index < -0.39 is 41.4 Å². The summed E-state index contributed by atoms with van der Waals surface area (Å²) in [5.41, 5.74) is 1.32. The molecule has 0 spiro atoms. The number of amides is 5. The summed E-state index contributed by atoms with van der Waals surface area (Å²) >= 11 is 6.09. The number of nitrogens with zero attached hydrogens (tertiary/aromatic N) is 7. The van der Waals surface area contributed by atoms with Crippen molar-refractivity contribution >= 4 is 58.3 Å². The van der Waals surface area contributed by atoms with Crippen LogP contribution in [0, 0.1) is 23.1 Å². The second-order valence-corrected chi connectivity index (χ2v) is 15.0. The van der Waals surface area contributed by atoms with Crippen molar-refractivity contribution in [3.63, 3.8) is 0 Å². The molecule has 0 unspecified atom stereocenters. The summed E-state index contributed by atoms with van der Waals surface area (Å²) in [6.45, 7) is 4.95. The summed E-state index contributed by atoms with van der Waals surface area (Å²) in [5, 5.41) is 22.9. The smallest absolute Gasteiger partial charge is 0.276 e. The lowest BCUT2D eigenvalue weighted by atomic mass is 9.96. The van der Waals surface area contributed by atoms with Crippen molar-refractivity contribution in [2.75, 3.05) is 60.9 Å². The molecule has 17 heteroatoms. The normalized spacial score (nSPS) is 18.8. The Labute approximate surface area is 337 Å². The van der Waals surface area contributed by atoms with Crippen LogP contribution in [-0.2, 0) is 9.59 Å². The number of imide groups is 2. The Bertz CT molecular complexity index is 2340. The molecule has 2 N–H and O–H groups in total. The molecule has 4 aliphatic rings. The number of nitriles is 1. The highest BCUT2D eigenvalue weighted by atomic mass is 35.5. The molecule has 3 aromatic carbocycles. The summed E-state index contributed by atoms with van der Waals surface area (Å²) < 4.78 is 21.2. The number of carbonyl (C=O) groups is 5. The van der Waals surface area contributed by atoms with E-state index in [1.165, 1.54) is 6.07 Å². The number of fused-ring (bicyclic) bond motifs is 1. The number of nitrogens with one attached hydrogen (secondary N) is 2. The third-order valence-electron chi connectivity index (χ3n) is 11.0. The van der Waals surface area contributed by atoms with E-state index in [0.29, 0.717) is 65.7 Å². The van der Waals surface area contributed by atoms with Crippen LogP contribution in [0.4, 0.5) is 21.6 Å². The topological polar surface area (TPSA) is 181 Å². The molecule has 0 aliphatic carbocycles. The van der Waals surface area contributed by atoms with E-state index in [1.54, 1.807) is 54.6 Å². The van der Waals surface area contributed by atoms with Gasteiger partial charge in [-0.05, 0) is 85.8 Å². The van der Waals surface area contributed by atoms with E-state index in [4.69, 9.17) is 21.6 Å². The summed E-state index contributed by atoms with van der Waals surface area (Å²) in [5.74, 6) is -1.40. The molecule has 5 heterocycles. The molecule has 15 nitrogen and oxygen atoms in total. The van der Waals surface area contributed by atoms with Crippen molar-refractivity contribution in [3.8, 4) is 17.6 Å². The number of hydrogen-bond donors (Lipinski definition) is 2. The molecule has 4 aromatic rings. The number of piperazine rings is 1. The van der Waals surface area contributed by atoms with Crippen LogP contribution in [0.25, 0.3) is 0 Å². The minimum absolute atomic E-state index is 0.00869. The molecule has 3 saturated heterocycles. The zero-order valence-electron chi connectivity index (χ0n) is 31.1. The fourth-order valence-electron chi connectivity index (χ4n) is 7.81. The number of carbonyl (C=O) groups excluding carboxylic acids is 5. The number of rotatable bonds is 9. The van der Waals surface area contributed by atoms with Crippen molar-refractivity contribution in [2.45, 2.75) is 31.7 Å². The van der Waals surface area contributed by atoms with E-state index in [1.807, 2.05) is 11.0 Å². The number of piperidine rings is 2. The lowest BCUT2D eigenvalue weighted by Gasteiger charge is -2.39. The third kappa shape index (κ3) is 7.91. The van der Waals surface area contributed by atoms with Gasteiger partial charge in [0.25, 0.3) is 17.7 Å². The molecule has 0 radical (unpaired) electrons. The number of hydrogen-bond acceptors (Lipinski definition) is 12. The first-order chi connectivity index (χ1) is 28.0. The summed E-state index contributed by atoms with van der Waals surface area (Å²) in [6, 6.07) is 18.5. The average Bonchev–Trinajstić information content (AvgIpc) is 3.46. The standard InChI is InChI=1S/C41H37ClFN9O6/c42-31-19-28(4-1-25(31)22-44)58-27-5-2-26(3-6-27)45-38(54)33-7-9-36(48-47-33)51-13-11-24(12-14-51)23-49-15-17-50(18-16-49)35-21-30-29(20-32(35)43)40(56)52(41(30)57)34-8-10-37(53)46-39(34)55/h1-7,9,19-21,24,34H,8,10-18,23H2,(H,45,54)(H,46,53,55)/t34-/m0/s1. The van der Waals surface area contributed by atoms with Gasteiger partial charge < -0.3 is 19.9 Å². The van der Waals surface area contributed by atoms with E-state index in [9.17, 15) is 24.0 Å². The van der Waals surface area contributed by atoms with Gasteiger partial charge in [-0.3, -0.25) is 39.1 Å². The predicted molar refractivity (Wildman–Crippen MR) is 209 cm³/mol. The predicted octanol–water partition coefficient (Wildman–Crippen LogP) is 4.63. The van der Waals surface area contributed by atoms with Crippen LogP contribution in [0.15, 0.2) is 66.7 Å². The summed E-state index contributed by atoms with van der Waals surface area (Å²) in [4.78, 5) is 70.5. The van der Waals surface area contributed by atoms with Gasteiger partial charge in [-0.15, -0.1) is 10.2 Å².